The molecule has 0 bridgehead atoms. The maximum absolute atomic E-state index is 11.2. The van der Waals surface area contributed by atoms with E-state index >= 15 is 0 Å². The second-order valence-corrected chi connectivity index (χ2v) is 3.60. The van der Waals surface area contributed by atoms with E-state index in [1.54, 1.807) is 0 Å². The van der Waals surface area contributed by atoms with E-state index in [9.17, 15) is 9.59 Å². The molecule has 0 saturated carbocycles. The molecule has 0 aromatic heterocycles. The van der Waals surface area contributed by atoms with Crippen LogP contribution in [0, 0.1) is 0 Å². The van der Waals surface area contributed by atoms with Crippen molar-refractivity contribution in [3.8, 4) is 0 Å². The Morgan fingerprint density at radius 2 is 2.38 bits per heavy atom. The van der Waals surface area contributed by atoms with Crippen molar-refractivity contribution < 1.29 is 24.3 Å². The molecule has 7 heteroatoms. The quantitative estimate of drug-likeness (QED) is 0.574. The van der Waals surface area contributed by atoms with E-state index in [4.69, 9.17) is 9.84 Å². The van der Waals surface area contributed by atoms with E-state index in [0.29, 0.717) is 6.61 Å². The van der Waals surface area contributed by atoms with Crippen LogP contribution >= 0.6 is 0 Å². The Morgan fingerprint density at radius 3 is 2.94 bits per heavy atom. The lowest BCUT2D eigenvalue weighted by atomic mass is 10.1. The van der Waals surface area contributed by atoms with Crippen LogP contribution in [0.4, 0.5) is 4.79 Å². The van der Waals surface area contributed by atoms with Gasteiger partial charge in [-0.25, -0.2) is 15.1 Å². The number of amides is 2. The SMILES string of the molecule is CC(NC(=O)NOCC(=O)O)C1CCCO1. The highest BCUT2D eigenvalue weighted by atomic mass is 16.7. The van der Waals surface area contributed by atoms with Gasteiger partial charge in [0.2, 0.25) is 0 Å². The molecule has 2 amide bonds. The van der Waals surface area contributed by atoms with Crippen molar-refractivity contribution in [1.82, 2.24) is 10.8 Å². The highest BCUT2D eigenvalue weighted by Crippen LogP contribution is 2.15. The molecule has 1 saturated heterocycles. The number of rotatable bonds is 5. The number of carboxylic acid groups (broad SMARTS) is 1. The third-order valence-corrected chi connectivity index (χ3v) is 2.24. The van der Waals surface area contributed by atoms with Crippen LogP contribution in [-0.4, -0.2) is 42.5 Å². The van der Waals surface area contributed by atoms with E-state index in [1.165, 1.54) is 0 Å². The average molecular weight is 232 g/mol. The Morgan fingerprint density at radius 1 is 1.62 bits per heavy atom. The van der Waals surface area contributed by atoms with Crippen LogP contribution in [0.5, 0.6) is 0 Å². The average Bonchev–Trinajstić information content (AvgIpc) is 2.69. The van der Waals surface area contributed by atoms with Gasteiger partial charge in [-0.3, -0.25) is 4.84 Å². The number of hydrogen-bond donors (Lipinski definition) is 3. The molecule has 0 radical (unpaired) electrons. The predicted octanol–water partition coefficient (Wildman–Crippen LogP) is -0.131. The van der Waals surface area contributed by atoms with Crippen molar-refractivity contribution >= 4 is 12.0 Å². The lowest BCUT2D eigenvalue weighted by Gasteiger charge is -2.19. The maximum Gasteiger partial charge on any atom is 0.339 e. The van der Waals surface area contributed by atoms with Gasteiger partial charge in [-0.1, -0.05) is 0 Å². The smallest absolute Gasteiger partial charge is 0.339 e. The van der Waals surface area contributed by atoms with Gasteiger partial charge in [0, 0.05) is 6.61 Å². The van der Waals surface area contributed by atoms with Crippen LogP contribution in [0.25, 0.3) is 0 Å². The number of hydroxylamine groups is 1. The molecule has 7 nitrogen and oxygen atoms in total. The molecule has 0 aromatic rings. The van der Waals surface area contributed by atoms with Gasteiger partial charge in [0.05, 0.1) is 12.1 Å². The zero-order valence-corrected chi connectivity index (χ0v) is 9.06. The standard InChI is InChI=1S/C9H16N2O5/c1-6(7-3-2-4-15-7)10-9(14)11-16-5-8(12)13/h6-7H,2-5H2,1H3,(H,12,13)(H2,10,11,14). The van der Waals surface area contributed by atoms with Crippen molar-refractivity contribution in [2.24, 2.45) is 0 Å². The van der Waals surface area contributed by atoms with Crippen molar-refractivity contribution in [3.63, 3.8) is 0 Å². The Hall–Kier alpha value is -1.34. The highest BCUT2D eigenvalue weighted by molar-refractivity contribution is 5.73. The normalized spacial score (nSPS) is 21.4. The molecule has 1 heterocycles. The van der Waals surface area contributed by atoms with Crippen molar-refractivity contribution in [1.29, 1.82) is 0 Å². The Bertz CT molecular complexity index is 252. The van der Waals surface area contributed by atoms with Gasteiger partial charge in [0.25, 0.3) is 0 Å². The largest absolute Gasteiger partial charge is 0.479 e. The first-order valence-corrected chi connectivity index (χ1v) is 5.11. The summed E-state index contributed by atoms with van der Waals surface area (Å²) in [4.78, 5) is 25.7. The fourth-order valence-corrected chi connectivity index (χ4v) is 1.49. The summed E-state index contributed by atoms with van der Waals surface area (Å²) < 4.78 is 5.38. The van der Waals surface area contributed by atoms with E-state index in [0.717, 1.165) is 12.8 Å². The second-order valence-electron chi connectivity index (χ2n) is 3.60. The fourth-order valence-electron chi connectivity index (χ4n) is 1.49. The Labute approximate surface area is 93.1 Å². The van der Waals surface area contributed by atoms with Crippen LogP contribution in [0.1, 0.15) is 19.8 Å². The first-order chi connectivity index (χ1) is 7.59. The van der Waals surface area contributed by atoms with Crippen LogP contribution in [-0.2, 0) is 14.4 Å². The molecule has 92 valence electrons. The van der Waals surface area contributed by atoms with Gasteiger partial charge < -0.3 is 15.2 Å². The van der Waals surface area contributed by atoms with Gasteiger partial charge in [-0.15, -0.1) is 0 Å². The van der Waals surface area contributed by atoms with Crippen LogP contribution < -0.4 is 10.8 Å². The fraction of sp³-hybridized carbons (Fsp3) is 0.778. The summed E-state index contributed by atoms with van der Waals surface area (Å²) in [6.07, 6.45) is 1.93. The molecular weight excluding hydrogens is 216 g/mol. The third-order valence-electron chi connectivity index (χ3n) is 2.24. The van der Waals surface area contributed by atoms with Crippen LogP contribution in [0.15, 0.2) is 0 Å². The van der Waals surface area contributed by atoms with Crippen molar-refractivity contribution in [3.05, 3.63) is 0 Å². The number of urea groups is 1. The zero-order chi connectivity index (χ0) is 12.0. The molecule has 1 aliphatic heterocycles. The number of carboxylic acids is 1. The monoisotopic (exact) mass is 232 g/mol. The van der Waals surface area contributed by atoms with Gasteiger partial charge >= 0.3 is 12.0 Å². The molecular formula is C9H16N2O5. The van der Waals surface area contributed by atoms with Gasteiger partial charge in [0.15, 0.2) is 6.61 Å². The third kappa shape index (κ3) is 4.45. The maximum atomic E-state index is 11.2. The zero-order valence-electron chi connectivity index (χ0n) is 9.06. The molecule has 1 rings (SSSR count). The molecule has 0 aromatic carbocycles. The summed E-state index contributed by atoms with van der Waals surface area (Å²) in [5, 5.41) is 10.9. The van der Waals surface area contributed by atoms with Crippen LogP contribution in [0.2, 0.25) is 0 Å². The molecule has 0 spiro atoms. The molecule has 2 atom stereocenters. The number of hydrogen-bond acceptors (Lipinski definition) is 4. The minimum Gasteiger partial charge on any atom is -0.479 e. The first kappa shape index (κ1) is 12.7. The second kappa shape index (κ2) is 6.29. The molecule has 1 aliphatic rings. The first-order valence-electron chi connectivity index (χ1n) is 5.11. The van der Waals surface area contributed by atoms with Crippen molar-refractivity contribution in [2.45, 2.75) is 31.9 Å². The Balaban J connectivity index is 2.15. The molecule has 3 N–H and O–H groups in total. The van der Waals surface area contributed by atoms with E-state index < -0.39 is 18.6 Å². The summed E-state index contributed by atoms with van der Waals surface area (Å²) in [5.74, 6) is -1.15. The summed E-state index contributed by atoms with van der Waals surface area (Å²) >= 11 is 0. The lowest BCUT2D eigenvalue weighted by molar-refractivity contribution is -0.144. The van der Waals surface area contributed by atoms with Gasteiger partial charge in [-0.05, 0) is 19.8 Å². The van der Waals surface area contributed by atoms with Crippen molar-refractivity contribution in [2.75, 3.05) is 13.2 Å². The van der Waals surface area contributed by atoms with Crippen LogP contribution in [0.3, 0.4) is 0 Å². The highest BCUT2D eigenvalue weighted by Gasteiger charge is 2.23. The van der Waals surface area contributed by atoms with E-state index in [-0.39, 0.29) is 12.1 Å². The molecule has 0 aliphatic carbocycles. The minimum atomic E-state index is -1.15. The minimum absolute atomic E-state index is 0.0187. The molecule has 1 fully saturated rings. The number of aliphatic carboxylic acids is 1. The summed E-state index contributed by atoms with van der Waals surface area (Å²) in [6, 6.07) is -0.694. The van der Waals surface area contributed by atoms with Gasteiger partial charge in [-0.2, -0.15) is 0 Å². The summed E-state index contributed by atoms with van der Waals surface area (Å²) in [6.45, 7) is 1.97. The predicted molar refractivity (Wildman–Crippen MR) is 53.7 cm³/mol. The topological polar surface area (TPSA) is 96.9 Å². The van der Waals surface area contributed by atoms with E-state index in [2.05, 4.69) is 10.2 Å². The lowest BCUT2D eigenvalue weighted by Crippen LogP contribution is -2.46. The molecule has 16 heavy (non-hydrogen) atoms. The summed E-state index contributed by atoms with van der Waals surface area (Å²) in [7, 11) is 0. The van der Waals surface area contributed by atoms with E-state index in [1.807, 2.05) is 12.4 Å². The summed E-state index contributed by atoms with van der Waals surface area (Å²) in [5.41, 5.74) is 1.98. The number of nitrogens with one attached hydrogen (secondary N) is 2. The molecule has 2 unspecified atom stereocenters. The number of ether oxygens (including phenoxy) is 1. The number of carbonyl (C=O) groups excluding carboxylic acids is 1. The number of carbonyl (C=O) groups is 2. The van der Waals surface area contributed by atoms with Gasteiger partial charge in [0.1, 0.15) is 0 Å². The Kier molecular flexibility index (Phi) is 5.00.